The van der Waals surface area contributed by atoms with Gasteiger partial charge >= 0.3 is 0 Å². The predicted molar refractivity (Wildman–Crippen MR) is 76.6 cm³/mol. The average molecular weight is 261 g/mol. The third kappa shape index (κ3) is 4.04. The van der Waals surface area contributed by atoms with E-state index in [4.69, 9.17) is 5.73 Å². The van der Waals surface area contributed by atoms with Crippen molar-refractivity contribution in [3.63, 3.8) is 0 Å². The van der Waals surface area contributed by atoms with Crippen LogP contribution < -0.4 is 11.1 Å². The lowest BCUT2D eigenvalue weighted by Gasteiger charge is -2.29. The number of rotatable bonds is 4. The molecule has 1 heterocycles. The minimum Gasteiger partial charge on any atom is -0.354 e. The first-order valence-electron chi connectivity index (χ1n) is 6.93. The molecule has 1 atom stereocenters. The standard InChI is InChI=1S/C15H23N3O/c1-18-9-7-12(8-10-18)11-17-15(19)14(16)13-5-3-2-4-6-13/h2-6,12,14H,7-11,16H2,1H3,(H,17,19)/t14-/m0/s1. The summed E-state index contributed by atoms with van der Waals surface area (Å²) >= 11 is 0. The van der Waals surface area contributed by atoms with Crippen LogP contribution in [-0.2, 0) is 4.79 Å². The van der Waals surface area contributed by atoms with E-state index in [9.17, 15) is 4.79 Å². The lowest BCUT2D eigenvalue weighted by molar-refractivity contribution is -0.122. The second-order valence-electron chi connectivity index (χ2n) is 5.38. The molecule has 0 unspecified atom stereocenters. The van der Waals surface area contributed by atoms with Crippen LogP contribution >= 0.6 is 0 Å². The first-order chi connectivity index (χ1) is 9.16. The quantitative estimate of drug-likeness (QED) is 0.854. The Balaban J connectivity index is 1.78. The number of carbonyl (C=O) groups excluding carboxylic acids is 1. The van der Waals surface area contributed by atoms with Crippen LogP contribution in [-0.4, -0.2) is 37.5 Å². The molecule has 19 heavy (non-hydrogen) atoms. The molecule has 1 aliphatic heterocycles. The molecule has 0 saturated carbocycles. The summed E-state index contributed by atoms with van der Waals surface area (Å²) in [7, 11) is 2.14. The Morgan fingerprint density at radius 2 is 2.00 bits per heavy atom. The highest BCUT2D eigenvalue weighted by atomic mass is 16.2. The summed E-state index contributed by atoms with van der Waals surface area (Å²) in [6, 6.07) is 8.94. The number of piperidine rings is 1. The fourth-order valence-electron chi connectivity index (χ4n) is 2.43. The van der Waals surface area contributed by atoms with Gasteiger partial charge in [0.15, 0.2) is 0 Å². The van der Waals surface area contributed by atoms with E-state index >= 15 is 0 Å². The van der Waals surface area contributed by atoms with Crippen LogP contribution in [0.2, 0.25) is 0 Å². The molecule has 1 aromatic rings. The number of benzene rings is 1. The van der Waals surface area contributed by atoms with Crippen molar-refractivity contribution in [1.29, 1.82) is 0 Å². The molecule has 0 bridgehead atoms. The van der Waals surface area contributed by atoms with Gasteiger partial charge in [0.1, 0.15) is 6.04 Å². The summed E-state index contributed by atoms with van der Waals surface area (Å²) in [4.78, 5) is 14.3. The minimum absolute atomic E-state index is 0.0786. The molecule has 3 N–H and O–H groups in total. The summed E-state index contributed by atoms with van der Waals surface area (Å²) in [5.74, 6) is 0.508. The Labute approximate surface area is 115 Å². The first-order valence-corrected chi connectivity index (χ1v) is 6.93. The fourth-order valence-corrected chi connectivity index (χ4v) is 2.43. The zero-order valence-electron chi connectivity index (χ0n) is 11.5. The SMILES string of the molecule is CN1CCC(CNC(=O)[C@@H](N)c2ccccc2)CC1. The van der Waals surface area contributed by atoms with E-state index in [2.05, 4.69) is 17.3 Å². The number of nitrogens with two attached hydrogens (primary N) is 1. The number of hydrogen-bond donors (Lipinski definition) is 2. The van der Waals surface area contributed by atoms with Gasteiger partial charge in [0.2, 0.25) is 5.91 Å². The van der Waals surface area contributed by atoms with Crippen molar-refractivity contribution >= 4 is 5.91 Å². The Kier molecular flexibility index (Phi) is 4.93. The molecule has 1 saturated heterocycles. The van der Waals surface area contributed by atoms with E-state index in [0.29, 0.717) is 5.92 Å². The number of carbonyl (C=O) groups is 1. The molecular formula is C15H23N3O. The Hall–Kier alpha value is -1.39. The third-order valence-corrected chi connectivity index (χ3v) is 3.84. The predicted octanol–water partition coefficient (Wildman–Crippen LogP) is 1.14. The highest BCUT2D eigenvalue weighted by Crippen LogP contribution is 2.15. The van der Waals surface area contributed by atoms with Crippen molar-refractivity contribution in [2.45, 2.75) is 18.9 Å². The number of amides is 1. The van der Waals surface area contributed by atoms with Gasteiger partial charge in [-0.1, -0.05) is 30.3 Å². The summed E-state index contributed by atoms with van der Waals surface area (Å²) < 4.78 is 0. The van der Waals surface area contributed by atoms with Gasteiger partial charge in [-0.05, 0) is 44.5 Å². The van der Waals surface area contributed by atoms with E-state index < -0.39 is 6.04 Å². The maximum Gasteiger partial charge on any atom is 0.241 e. The largest absolute Gasteiger partial charge is 0.354 e. The summed E-state index contributed by atoms with van der Waals surface area (Å²) in [6.07, 6.45) is 2.30. The molecule has 0 radical (unpaired) electrons. The van der Waals surface area contributed by atoms with E-state index in [-0.39, 0.29) is 5.91 Å². The van der Waals surface area contributed by atoms with Gasteiger partial charge in [-0.25, -0.2) is 0 Å². The van der Waals surface area contributed by atoms with Crippen LogP contribution in [0.1, 0.15) is 24.4 Å². The maximum atomic E-state index is 12.0. The minimum atomic E-state index is -0.563. The molecule has 1 aromatic carbocycles. The van der Waals surface area contributed by atoms with Crippen LogP contribution in [0.15, 0.2) is 30.3 Å². The molecule has 4 heteroatoms. The Morgan fingerprint density at radius 1 is 1.37 bits per heavy atom. The van der Waals surface area contributed by atoms with Crippen LogP contribution in [0, 0.1) is 5.92 Å². The molecule has 1 aliphatic rings. The topological polar surface area (TPSA) is 58.4 Å². The van der Waals surface area contributed by atoms with Crippen LogP contribution in [0.25, 0.3) is 0 Å². The van der Waals surface area contributed by atoms with Crippen molar-refractivity contribution in [3.05, 3.63) is 35.9 Å². The summed E-state index contributed by atoms with van der Waals surface area (Å²) in [5.41, 5.74) is 6.82. The van der Waals surface area contributed by atoms with Crippen molar-refractivity contribution in [3.8, 4) is 0 Å². The molecule has 1 fully saturated rings. The van der Waals surface area contributed by atoms with Gasteiger partial charge in [-0.2, -0.15) is 0 Å². The molecule has 0 aromatic heterocycles. The van der Waals surface area contributed by atoms with Crippen molar-refractivity contribution in [2.75, 3.05) is 26.7 Å². The zero-order valence-corrected chi connectivity index (χ0v) is 11.5. The monoisotopic (exact) mass is 261 g/mol. The van der Waals surface area contributed by atoms with Crippen molar-refractivity contribution in [2.24, 2.45) is 11.7 Å². The summed E-state index contributed by atoms with van der Waals surface area (Å²) in [6.45, 7) is 2.98. The number of nitrogens with one attached hydrogen (secondary N) is 1. The molecule has 0 aliphatic carbocycles. The lowest BCUT2D eigenvalue weighted by atomic mass is 9.97. The normalized spacial score (nSPS) is 19.1. The molecule has 4 nitrogen and oxygen atoms in total. The van der Waals surface area contributed by atoms with Gasteiger partial charge in [-0.3, -0.25) is 4.79 Å². The van der Waals surface area contributed by atoms with Crippen molar-refractivity contribution < 1.29 is 4.79 Å². The average Bonchev–Trinajstić information content (AvgIpc) is 2.46. The molecule has 0 spiro atoms. The molecule has 1 amide bonds. The third-order valence-electron chi connectivity index (χ3n) is 3.84. The highest BCUT2D eigenvalue weighted by Gasteiger charge is 2.19. The van der Waals surface area contributed by atoms with E-state index in [1.807, 2.05) is 30.3 Å². The fraction of sp³-hybridized carbons (Fsp3) is 0.533. The summed E-state index contributed by atoms with van der Waals surface area (Å²) in [5, 5.41) is 2.98. The van der Waals surface area contributed by atoms with E-state index in [1.54, 1.807) is 0 Å². The second kappa shape index (κ2) is 6.68. The van der Waals surface area contributed by atoms with E-state index in [1.165, 1.54) is 0 Å². The van der Waals surface area contributed by atoms with Gasteiger partial charge < -0.3 is 16.0 Å². The van der Waals surface area contributed by atoms with Gasteiger partial charge in [-0.15, -0.1) is 0 Å². The molecule has 2 rings (SSSR count). The van der Waals surface area contributed by atoms with Gasteiger partial charge in [0, 0.05) is 6.54 Å². The maximum absolute atomic E-state index is 12.0. The molecule has 104 valence electrons. The molecular weight excluding hydrogens is 238 g/mol. The number of likely N-dealkylation sites (tertiary alicyclic amines) is 1. The van der Waals surface area contributed by atoms with Crippen LogP contribution in [0.5, 0.6) is 0 Å². The van der Waals surface area contributed by atoms with E-state index in [0.717, 1.165) is 38.0 Å². The van der Waals surface area contributed by atoms with Gasteiger partial charge in [0.25, 0.3) is 0 Å². The lowest BCUT2D eigenvalue weighted by Crippen LogP contribution is -2.40. The Morgan fingerprint density at radius 3 is 2.63 bits per heavy atom. The second-order valence-corrected chi connectivity index (χ2v) is 5.38. The first kappa shape index (κ1) is 14.0. The zero-order chi connectivity index (χ0) is 13.7. The van der Waals surface area contributed by atoms with Crippen LogP contribution in [0.4, 0.5) is 0 Å². The van der Waals surface area contributed by atoms with Crippen LogP contribution in [0.3, 0.4) is 0 Å². The van der Waals surface area contributed by atoms with Gasteiger partial charge in [0.05, 0.1) is 0 Å². The number of hydrogen-bond acceptors (Lipinski definition) is 3. The van der Waals surface area contributed by atoms with Crippen molar-refractivity contribution in [1.82, 2.24) is 10.2 Å². The Bertz CT molecular complexity index is 399. The highest BCUT2D eigenvalue weighted by molar-refractivity contribution is 5.82. The number of nitrogens with zero attached hydrogens (tertiary/aromatic N) is 1. The smallest absolute Gasteiger partial charge is 0.241 e.